The molecule has 0 spiro atoms. The highest BCUT2D eigenvalue weighted by Crippen LogP contribution is 2.15. The molecule has 1 rings (SSSR count). The lowest BCUT2D eigenvalue weighted by Gasteiger charge is -2.34. The third-order valence-corrected chi connectivity index (χ3v) is 9.76. The molecule has 1 aromatic rings. The molecule has 0 fully saturated rings. The van der Waals surface area contributed by atoms with E-state index in [4.69, 9.17) is 10.5 Å². The zero-order chi connectivity index (χ0) is 47.3. The molecule has 0 radical (unpaired) electrons. The molecular formula is C43H71N9O10. The smallest absolute Gasteiger partial charge is 0.331 e. The van der Waals surface area contributed by atoms with E-state index in [9.17, 15) is 43.2 Å². The standard InChI is InChI=1S/C43H71N9O10/c1-28(2)24-30(44)33(55)49-40(3,4)36(58)47-31(20-14-16-22-45-26-53)34(56)50-42(7,8)38(60)52-41(5,6)37(59)48-32(21-15-17-23-46-27-54)35(57)51-43(9,10)39(61)62-25-29-18-12-11-13-19-29/h11-13,18-19,26-28,30-32H,14-17,20-25,44H2,1-10H3,(H,45,53)(H,46,54)(H,47,58)(H,48,59)(H,49,55)(H,50,56)(H,51,57)(H,52,60)/t30-,31-,32-/m0/s1. The van der Waals surface area contributed by atoms with Crippen LogP contribution in [0.5, 0.6) is 0 Å². The fourth-order valence-electron chi connectivity index (χ4n) is 5.85. The van der Waals surface area contributed by atoms with Crippen LogP contribution in [0.15, 0.2) is 30.3 Å². The Bertz CT molecular complexity index is 1680. The topological polar surface area (TPSA) is 285 Å². The van der Waals surface area contributed by atoms with Gasteiger partial charge in [-0.2, -0.15) is 0 Å². The number of carbonyl (C=O) groups excluding carboxylic acids is 9. The second-order valence-corrected chi connectivity index (χ2v) is 17.9. The molecule has 348 valence electrons. The molecule has 19 heteroatoms. The molecule has 0 heterocycles. The summed E-state index contributed by atoms with van der Waals surface area (Å²) in [6, 6.07) is 5.79. The Labute approximate surface area is 365 Å². The minimum Gasteiger partial charge on any atom is -0.459 e. The van der Waals surface area contributed by atoms with Crippen LogP contribution in [0.4, 0.5) is 0 Å². The normalized spacial score (nSPS) is 13.3. The van der Waals surface area contributed by atoms with Crippen molar-refractivity contribution in [1.82, 2.24) is 42.5 Å². The van der Waals surface area contributed by atoms with Crippen molar-refractivity contribution in [2.75, 3.05) is 13.1 Å². The molecule has 19 nitrogen and oxygen atoms in total. The number of hydrogen-bond acceptors (Lipinski definition) is 11. The summed E-state index contributed by atoms with van der Waals surface area (Å²) in [6.07, 6.45) is 3.43. The van der Waals surface area contributed by atoms with E-state index in [0.717, 1.165) is 5.56 Å². The van der Waals surface area contributed by atoms with Gasteiger partial charge in [-0.05, 0) is 112 Å². The maximum absolute atomic E-state index is 13.8. The van der Waals surface area contributed by atoms with Crippen molar-refractivity contribution in [1.29, 1.82) is 0 Å². The number of benzene rings is 1. The summed E-state index contributed by atoms with van der Waals surface area (Å²) in [5.41, 5.74) is 0.494. The molecular weight excluding hydrogens is 803 g/mol. The second-order valence-electron chi connectivity index (χ2n) is 17.9. The van der Waals surface area contributed by atoms with Crippen LogP contribution in [-0.2, 0) is 54.5 Å². The van der Waals surface area contributed by atoms with E-state index in [1.54, 1.807) is 24.3 Å². The van der Waals surface area contributed by atoms with Crippen molar-refractivity contribution in [2.45, 2.75) is 161 Å². The minimum atomic E-state index is -1.66. The van der Waals surface area contributed by atoms with Gasteiger partial charge in [0.15, 0.2) is 0 Å². The van der Waals surface area contributed by atoms with Crippen molar-refractivity contribution < 1.29 is 47.9 Å². The zero-order valence-corrected chi connectivity index (χ0v) is 38.1. The van der Waals surface area contributed by atoms with Crippen molar-refractivity contribution in [3.05, 3.63) is 35.9 Å². The van der Waals surface area contributed by atoms with Crippen molar-refractivity contribution in [2.24, 2.45) is 11.7 Å². The highest BCUT2D eigenvalue weighted by molar-refractivity contribution is 6.00. The van der Waals surface area contributed by atoms with Crippen LogP contribution in [0.3, 0.4) is 0 Å². The Morgan fingerprint density at radius 2 is 1.02 bits per heavy atom. The number of carbonyl (C=O) groups is 9. The summed E-state index contributed by atoms with van der Waals surface area (Å²) in [5, 5.41) is 21.0. The fourth-order valence-corrected chi connectivity index (χ4v) is 5.85. The third-order valence-electron chi connectivity index (χ3n) is 9.76. The van der Waals surface area contributed by atoms with Crippen LogP contribution in [0.2, 0.25) is 0 Å². The second kappa shape index (κ2) is 25.4. The van der Waals surface area contributed by atoms with E-state index in [1.807, 2.05) is 19.9 Å². The van der Waals surface area contributed by atoms with Crippen LogP contribution in [0, 0.1) is 5.92 Å². The molecule has 0 saturated heterocycles. The number of hydrogen-bond donors (Lipinski definition) is 9. The first-order chi connectivity index (χ1) is 28.8. The molecule has 8 amide bonds. The van der Waals surface area contributed by atoms with E-state index < -0.39 is 81.7 Å². The summed E-state index contributed by atoms with van der Waals surface area (Å²) in [5.74, 6) is -4.74. The maximum Gasteiger partial charge on any atom is 0.331 e. The number of esters is 1. The fraction of sp³-hybridized carbons (Fsp3) is 0.651. The van der Waals surface area contributed by atoms with Crippen LogP contribution in [-0.4, -0.2) is 108 Å². The maximum atomic E-state index is 13.8. The van der Waals surface area contributed by atoms with Gasteiger partial charge < -0.3 is 53.0 Å². The summed E-state index contributed by atoms with van der Waals surface area (Å²) in [4.78, 5) is 116. The van der Waals surface area contributed by atoms with Gasteiger partial charge in [0.2, 0.25) is 48.3 Å². The Balaban J connectivity index is 3.16. The lowest BCUT2D eigenvalue weighted by molar-refractivity contribution is -0.153. The van der Waals surface area contributed by atoms with Crippen molar-refractivity contribution in [3.63, 3.8) is 0 Å². The SMILES string of the molecule is CC(C)C[C@H](N)C(=O)NC(C)(C)C(=O)N[C@@H](CCCCNC=O)C(=O)NC(C)(C)C(=O)NC(C)(C)C(=O)N[C@@H](CCCCNC=O)C(=O)NC(C)(C)C(=O)OCc1ccccc1. The number of nitrogens with two attached hydrogens (primary N) is 1. The first-order valence-corrected chi connectivity index (χ1v) is 21.0. The summed E-state index contributed by atoms with van der Waals surface area (Å²) >= 11 is 0. The van der Waals surface area contributed by atoms with E-state index in [0.29, 0.717) is 58.0 Å². The monoisotopic (exact) mass is 874 g/mol. The third kappa shape index (κ3) is 19.4. The van der Waals surface area contributed by atoms with Crippen molar-refractivity contribution in [3.8, 4) is 0 Å². The van der Waals surface area contributed by atoms with Crippen LogP contribution in [0.25, 0.3) is 0 Å². The lowest BCUT2D eigenvalue weighted by atomic mass is 9.96. The molecule has 0 aromatic heterocycles. The molecule has 62 heavy (non-hydrogen) atoms. The van der Waals surface area contributed by atoms with Gasteiger partial charge in [0, 0.05) is 13.1 Å². The van der Waals surface area contributed by atoms with Crippen LogP contribution in [0.1, 0.15) is 120 Å². The average Bonchev–Trinajstić information content (AvgIpc) is 3.17. The minimum absolute atomic E-state index is 0.0187. The highest BCUT2D eigenvalue weighted by atomic mass is 16.5. The quantitative estimate of drug-likeness (QED) is 0.0303. The van der Waals surface area contributed by atoms with E-state index in [1.165, 1.54) is 55.4 Å². The van der Waals surface area contributed by atoms with Gasteiger partial charge in [-0.25, -0.2) is 4.79 Å². The predicted molar refractivity (Wildman–Crippen MR) is 232 cm³/mol. The Morgan fingerprint density at radius 1 is 0.597 bits per heavy atom. The van der Waals surface area contributed by atoms with E-state index in [-0.39, 0.29) is 25.4 Å². The number of rotatable bonds is 29. The van der Waals surface area contributed by atoms with Gasteiger partial charge in [0.25, 0.3) is 0 Å². The summed E-state index contributed by atoms with van der Waals surface area (Å²) in [6.45, 7) is 16.0. The van der Waals surface area contributed by atoms with Gasteiger partial charge in [-0.3, -0.25) is 38.4 Å². The van der Waals surface area contributed by atoms with Gasteiger partial charge in [0.05, 0.1) is 6.04 Å². The summed E-state index contributed by atoms with van der Waals surface area (Å²) < 4.78 is 5.44. The lowest BCUT2D eigenvalue weighted by Crippen LogP contribution is -2.66. The van der Waals surface area contributed by atoms with Gasteiger partial charge in [-0.15, -0.1) is 0 Å². The number of amides is 8. The molecule has 0 bridgehead atoms. The Kier molecular flexibility index (Phi) is 22.3. The summed E-state index contributed by atoms with van der Waals surface area (Å²) in [7, 11) is 0. The average molecular weight is 874 g/mol. The van der Waals surface area contributed by atoms with Gasteiger partial charge >= 0.3 is 5.97 Å². The molecule has 0 saturated carbocycles. The van der Waals surface area contributed by atoms with Gasteiger partial charge in [0.1, 0.15) is 40.8 Å². The molecule has 0 unspecified atom stereocenters. The number of ether oxygens (including phenoxy) is 1. The first-order valence-electron chi connectivity index (χ1n) is 21.0. The van der Waals surface area contributed by atoms with Gasteiger partial charge in [-0.1, -0.05) is 44.2 Å². The van der Waals surface area contributed by atoms with Crippen LogP contribution >= 0.6 is 0 Å². The van der Waals surface area contributed by atoms with Crippen molar-refractivity contribution >= 4 is 54.2 Å². The zero-order valence-electron chi connectivity index (χ0n) is 38.1. The molecule has 0 aliphatic carbocycles. The molecule has 1 aromatic carbocycles. The molecule has 0 aliphatic heterocycles. The first kappa shape index (κ1) is 54.4. The molecule has 0 aliphatic rings. The van der Waals surface area contributed by atoms with E-state index in [2.05, 4.69) is 42.5 Å². The largest absolute Gasteiger partial charge is 0.459 e. The molecule has 10 N–H and O–H groups in total. The Hall–Kier alpha value is -5.59. The number of nitrogens with one attached hydrogen (secondary N) is 8. The predicted octanol–water partition coefficient (Wildman–Crippen LogP) is 0.485. The van der Waals surface area contributed by atoms with E-state index >= 15 is 0 Å². The highest BCUT2D eigenvalue weighted by Gasteiger charge is 2.41. The van der Waals surface area contributed by atoms with Crippen LogP contribution < -0.4 is 48.3 Å². The Morgan fingerprint density at radius 3 is 1.47 bits per heavy atom. The number of unbranched alkanes of at least 4 members (excludes halogenated alkanes) is 2. The molecule has 3 atom stereocenters.